The molecule has 19 heavy (non-hydrogen) atoms. The Bertz CT molecular complexity index is 402. The highest BCUT2D eigenvalue weighted by atomic mass is 16.6. The SMILES string of the molecule is COC(=O)c1ccc(CNCC2COCCO2)nc1. The van der Waals surface area contributed by atoms with Crippen LogP contribution in [-0.4, -0.2) is 50.5 Å². The predicted molar refractivity (Wildman–Crippen MR) is 67.8 cm³/mol. The van der Waals surface area contributed by atoms with Gasteiger partial charge in [-0.3, -0.25) is 4.98 Å². The van der Waals surface area contributed by atoms with Crippen LogP contribution in [-0.2, 0) is 20.8 Å². The normalized spacial score (nSPS) is 19.1. The third-order valence-corrected chi connectivity index (χ3v) is 2.81. The third-order valence-electron chi connectivity index (χ3n) is 2.81. The number of esters is 1. The molecule has 6 heteroatoms. The van der Waals surface area contributed by atoms with Crippen LogP contribution in [0.5, 0.6) is 0 Å². The summed E-state index contributed by atoms with van der Waals surface area (Å²) in [5.41, 5.74) is 1.32. The number of methoxy groups -OCH3 is 1. The average molecular weight is 266 g/mol. The van der Waals surface area contributed by atoms with Crippen molar-refractivity contribution in [3.05, 3.63) is 29.6 Å². The Kier molecular flexibility index (Phi) is 5.26. The van der Waals surface area contributed by atoms with Crippen molar-refractivity contribution >= 4 is 5.97 Å². The molecule has 0 bridgehead atoms. The number of aromatic nitrogens is 1. The molecule has 104 valence electrons. The van der Waals surface area contributed by atoms with Gasteiger partial charge in [-0.25, -0.2) is 4.79 Å². The van der Waals surface area contributed by atoms with Gasteiger partial charge in [0.15, 0.2) is 0 Å². The van der Waals surface area contributed by atoms with Crippen LogP contribution in [0.15, 0.2) is 18.3 Å². The second-order valence-corrected chi connectivity index (χ2v) is 4.23. The maximum atomic E-state index is 11.2. The van der Waals surface area contributed by atoms with Crippen LogP contribution in [0.25, 0.3) is 0 Å². The minimum atomic E-state index is -0.375. The second-order valence-electron chi connectivity index (χ2n) is 4.23. The van der Waals surface area contributed by atoms with Crippen molar-refractivity contribution in [1.29, 1.82) is 0 Å². The van der Waals surface area contributed by atoms with Crippen molar-refractivity contribution in [3.8, 4) is 0 Å². The van der Waals surface area contributed by atoms with E-state index >= 15 is 0 Å². The predicted octanol–water partition coefficient (Wildman–Crippen LogP) is 0.373. The molecule has 1 saturated heterocycles. The van der Waals surface area contributed by atoms with Gasteiger partial charge in [-0.05, 0) is 12.1 Å². The highest BCUT2D eigenvalue weighted by Crippen LogP contribution is 2.03. The number of nitrogens with zero attached hydrogens (tertiary/aromatic N) is 1. The zero-order valence-electron chi connectivity index (χ0n) is 10.9. The van der Waals surface area contributed by atoms with Crippen LogP contribution in [0, 0.1) is 0 Å². The molecule has 0 aromatic carbocycles. The fourth-order valence-electron chi connectivity index (χ4n) is 1.78. The Labute approximate surface area is 112 Å². The van der Waals surface area contributed by atoms with Gasteiger partial charge in [0, 0.05) is 19.3 Å². The van der Waals surface area contributed by atoms with Gasteiger partial charge in [0.2, 0.25) is 0 Å². The number of pyridine rings is 1. The molecule has 0 aliphatic carbocycles. The number of rotatable bonds is 5. The topological polar surface area (TPSA) is 69.7 Å². The first-order valence-electron chi connectivity index (χ1n) is 6.23. The molecule has 1 fully saturated rings. The monoisotopic (exact) mass is 266 g/mol. The molecular formula is C13H18N2O4. The lowest BCUT2D eigenvalue weighted by atomic mass is 10.2. The van der Waals surface area contributed by atoms with Gasteiger partial charge in [0.25, 0.3) is 0 Å². The Morgan fingerprint density at radius 1 is 1.53 bits per heavy atom. The van der Waals surface area contributed by atoms with Crippen molar-refractivity contribution in [2.75, 3.05) is 33.5 Å². The summed E-state index contributed by atoms with van der Waals surface area (Å²) < 4.78 is 15.4. The van der Waals surface area contributed by atoms with Crippen molar-refractivity contribution in [2.24, 2.45) is 0 Å². The number of carbonyl (C=O) groups is 1. The molecule has 1 aliphatic rings. The maximum Gasteiger partial charge on any atom is 0.339 e. The molecule has 0 saturated carbocycles. The van der Waals surface area contributed by atoms with Crippen molar-refractivity contribution < 1.29 is 19.0 Å². The quantitative estimate of drug-likeness (QED) is 0.777. The lowest BCUT2D eigenvalue weighted by molar-refractivity contribution is -0.0864. The fourth-order valence-corrected chi connectivity index (χ4v) is 1.78. The molecule has 1 aromatic heterocycles. The van der Waals surface area contributed by atoms with Crippen molar-refractivity contribution in [2.45, 2.75) is 12.6 Å². The zero-order chi connectivity index (χ0) is 13.5. The molecule has 2 heterocycles. The summed E-state index contributed by atoms with van der Waals surface area (Å²) in [5.74, 6) is -0.375. The Morgan fingerprint density at radius 2 is 2.42 bits per heavy atom. The first-order valence-corrected chi connectivity index (χ1v) is 6.23. The van der Waals surface area contributed by atoms with Gasteiger partial charge in [0.1, 0.15) is 0 Å². The van der Waals surface area contributed by atoms with Crippen LogP contribution in [0.1, 0.15) is 16.1 Å². The molecule has 0 amide bonds. The summed E-state index contributed by atoms with van der Waals surface area (Å²) >= 11 is 0. The maximum absolute atomic E-state index is 11.2. The molecule has 0 spiro atoms. The average Bonchev–Trinajstić information content (AvgIpc) is 2.48. The summed E-state index contributed by atoms with van der Waals surface area (Å²) in [7, 11) is 1.35. The number of carbonyl (C=O) groups excluding carboxylic acids is 1. The lowest BCUT2D eigenvalue weighted by Gasteiger charge is -2.23. The third kappa shape index (κ3) is 4.27. The molecule has 1 unspecified atom stereocenters. The molecule has 1 aromatic rings. The van der Waals surface area contributed by atoms with E-state index in [0.29, 0.717) is 31.9 Å². The largest absolute Gasteiger partial charge is 0.465 e. The van der Waals surface area contributed by atoms with E-state index in [1.807, 2.05) is 0 Å². The fraction of sp³-hybridized carbons (Fsp3) is 0.538. The van der Waals surface area contributed by atoms with E-state index in [1.165, 1.54) is 13.3 Å². The van der Waals surface area contributed by atoms with E-state index in [2.05, 4.69) is 15.0 Å². The van der Waals surface area contributed by atoms with Crippen molar-refractivity contribution in [1.82, 2.24) is 10.3 Å². The summed E-state index contributed by atoms with van der Waals surface area (Å²) in [6.45, 7) is 3.30. The molecular weight excluding hydrogens is 248 g/mol. The Hall–Kier alpha value is -1.50. The molecule has 0 radical (unpaired) electrons. The molecule has 1 N–H and O–H groups in total. The minimum absolute atomic E-state index is 0.100. The minimum Gasteiger partial charge on any atom is -0.465 e. The second kappa shape index (κ2) is 7.18. The number of ether oxygens (including phenoxy) is 3. The first kappa shape index (κ1) is 13.9. The standard InChI is InChI=1S/C13H18N2O4/c1-17-13(16)10-2-3-11(15-6-10)7-14-8-12-9-18-4-5-19-12/h2-3,6,12,14H,4-5,7-9H2,1H3. The first-order chi connectivity index (χ1) is 9.29. The van der Waals surface area contributed by atoms with Gasteiger partial charge in [-0.1, -0.05) is 0 Å². The van der Waals surface area contributed by atoms with Crippen LogP contribution in [0.3, 0.4) is 0 Å². The van der Waals surface area contributed by atoms with E-state index in [1.54, 1.807) is 12.1 Å². The smallest absolute Gasteiger partial charge is 0.339 e. The Morgan fingerprint density at radius 3 is 3.05 bits per heavy atom. The lowest BCUT2D eigenvalue weighted by Crippen LogP contribution is -2.37. The Balaban J connectivity index is 1.75. The van der Waals surface area contributed by atoms with E-state index < -0.39 is 0 Å². The highest BCUT2D eigenvalue weighted by molar-refractivity contribution is 5.88. The number of hydrogen-bond acceptors (Lipinski definition) is 6. The van der Waals surface area contributed by atoms with Gasteiger partial charge in [-0.15, -0.1) is 0 Å². The van der Waals surface area contributed by atoms with Gasteiger partial charge in [-0.2, -0.15) is 0 Å². The van der Waals surface area contributed by atoms with Crippen LogP contribution >= 0.6 is 0 Å². The molecule has 1 atom stereocenters. The summed E-state index contributed by atoms with van der Waals surface area (Å²) in [5, 5.41) is 3.25. The highest BCUT2D eigenvalue weighted by Gasteiger charge is 2.13. The molecule has 2 rings (SSSR count). The van der Waals surface area contributed by atoms with E-state index in [-0.39, 0.29) is 12.1 Å². The summed E-state index contributed by atoms with van der Waals surface area (Å²) in [6.07, 6.45) is 1.62. The molecule has 1 aliphatic heterocycles. The van der Waals surface area contributed by atoms with Crippen LogP contribution in [0.4, 0.5) is 0 Å². The zero-order valence-corrected chi connectivity index (χ0v) is 10.9. The van der Waals surface area contributed by atoms with E-state index in [4.69, 9.17) is 9.47 Å². The van der Waals surface area contributed by atoms with Gasteiger partial charge in [0.05, 0.1) is 44.3 Å². The number of hydrogen-bond donors (Lipinski definition) is 1. The summed E-state index contributed by atoms with van der Waals surface area (Å²) in [6, 6.07) is 3.51. The number of nitrogens with one attached hydrogen (secondary N) is 1. The van der Waals surface area contributed by atoms with Crippen molar-refractivity contribution in [3.63, 3.8) is 0 Å². The van der Waals surface area contributed by atoms with Crippen LogP contribution < -0.4 is 5.32 Å². The van der Waals surface area contributed by atoms with Gasteiger partial charge < -0.3 is 19.5 Å². The summed E-state index contributed by atoms with van der Waals surface area (Å²) in [4.78, 5) is 15.4. The van der Waals surface area contributed by atoms with E-state index in [9.17, 15) is 4.79 Å². The van der Waals surface area contributed by atoms with Gasteiger partial charge >= 0.3 is 5.97 Å². The van der Waals surface area contributed by atoms with E-state index in [0.717, 1.165) is 12.2 Å². The van der Waals surface area contributed by atoms with Crippen LogP contribution in [0.2, 0.25) is 0 Å². The molecule has 6 nitrogen and oxygen atoms in total.